The molecular weight excluding hydrogens is 282 g/mol. The smallest absolute Gasteiger partial charge is 0.0898 e. The van der Waals surface area contributed by atoms with Crippen LogP contribution in [-0.2, 0) is 35.6 Å². The molecule has 0 saturated carbocycles. The van der Waals surface area contributed by atoms with E-state index in [0.717, 1.165) is 51.5 Å². The van der Waals surface area contributed by atoms with E-state index in [9.17, 15) is 0 Å². The molecule has 0 amide bonds. The van der Waals surface area contributed by atoms with Gasteiger partial charge in [-0.1, -0.05) is 0 Å². The minimum Gasteiger partial charge on any atom is -0.376 e. The highest BCUT2D eigenvalue weighted by atomic mass is 16.5. The molecule has 1 fully saturated rings. The van der Waals surface area contributed by atoms with Crippen molar-refractivity contribution in [3.05, 3.63) is 35.4 Å². The predicted molar refractivity (Wildman–Crippen MR) is 79.2 cm³/mol. The second kappa shape index (κ2) is 6.20. The van der Waals surface area contributed by atoms with Crippen LogP contribution in [-0.4, -0.2) is 57.3 Å². The first-order valence-corrected chi connectivity index (χ1v) is 7.82. The van der Waals surface area contributed by atoms with Crippen molar-refractivity contribution in [2.75, 3.05) is 26.3 Å². The van der Waals surface area contributed by atoms with Crippen molar-refractivity contribution in [3.63, 3.8) is 0 Å². The third-order valence-corrected chi connectivity index (χ3v) is 4.33. The van der Waals surface area contributed by atoms with Crippen molar-refractivity contribution in [2.45, 2.75) is 32.2 Å². The van der Waals surface area contributed by atoms with Crippen LogP contribution in [0.1, 0.15) is 17.0 Å². The van der Waals surface area contributed by atoms with Gasteiger partial charge >= 0.3 is 0 Å². The molecule has 1 atom stereocenters. The average molecular weight is 303 g/mol. The summed E-state index contributed by atoms with van der Waals surface area (Å²) in [4.78, 5) is 2.41. The molecule has 0 bridgehead atoms. The van der Waals surface area contributed by atoms with E-state index in [2.05, 4.69) is 20.2 Å². The van der Waals surface area contributed by atoms with Crippen molar-refractivity contribution in [1.82, 2.24) is 24.9 Å². The number of morpholine rings is 1. The zero-order valence-electron chi connectivity index (χ0n) is 12.6. The molecule has 2 aliphatic heterocycles. The van der Waals surface area contributed by atoms with Gasteiger partial charge in [0.25, 0.3) is 0 Å². The maximum Gasteiger partial charge on any atom is 0.0898 e. The summed E-state index contributed by atoms with van der Waals surface area (Å²) in [5.41, 5.74) is 3.61. The molecule has 0 spiro atoms. The van der Waals surface area contributed by atoms with E-state index in [-0.39, 0.29) is 6.10 Å². The number of fused-ring (bicyclic) bond motifs is 1. The number of hydrogen-bond donors (Lipinski definition) is 1. The molecule has 2 aromatic rings. The highest BCUT2D eigenvalue weighted by Crippen LogP contribution is 2.20. The monoisotopic (exact) mass is 303 g/mol. The lowest BCUT2D eigenvalue weighted by atomic mass is 10.1. The molecule has 118 valence electrons. The van der Waals surface area contributed by atoms with E-state index < -0.39 is 0 Å². The number of rotatable bonds is 4. The first-order valence-electron chi connectivity index (χ1n) is 7.82. The lowest BCUT2D eigenvalue weighted by Gasteiger charge is -2.32. The second-order valence-electron chi connectivity index (χ2n) is 5.89. The van der Waals surface area contributed by atoms with Gasteiger partial charge in [0.1, 0.15) is 0 Å². The van der Waals surface area contributed by atoms with Gasteiger partial charge in [0.15, 0.2) is 0 Å². The van der Waals surface area contributed by atoms with Crippen LogP contribution in [0, 0.1) is 0 Å². The fraction of sp³-hybridized carbons (Fsp3) is 0.600. The molecule has 4 heterocycles. The van der Waals surface area contributed by atoms with Gasteiger partial charge in [0, 0.05) is 49.7 Å². The summed E-state index contributed by atoms with van der Waals surface area (Å²) in [6.45, 7) is 5.73. The van der Waals surface area contributed by atoms with Crippen LogP contribution in [0.3, 0.4) is 0 Å². The molecule has 7 heteroatoms. The summed E-state index contributed by atoms with van der Waals surface area (Å²) in [6.07, 6.45) is 4.90. The number of nitrogens with zero attached hydrogens (tertiary/aromatic N) is 4. The van der Waals surface area contributed by atoms with E-state index in [4.69, 9.17) is 9.47 Å². The minimum atomic E-state index is 0.180. The molecular formula is C15H21N5O2. The Morgan fingerprint density at radius 2 is 2.36 bits per heavy atom. The van der Waals surface area contributed by atoms with Gasteiger partial charge in [-0.05, 0) is 6.07 Å². The predicted octanol–water partition coefficient (Wildman–Crippen LogP) is 0.580. The molecule has 22 heavy (non-hydrogen) atoms. The number of aromatic nitrogens is 4. The highest BCUT2D eigenvalue weighted by Gasteiger charge is 2.24. The number of nitrogens with one attached hydrogen (secondary N) is 1. The van der Waals surface area contributed by atoms with E-state index in [0.29, 0.717) is 6.61 Å². The van der Waals surface area contributed by atoms with E-state index in [1.807, 2.05) is 16.9 Å². The molecule has 1 unspecified atom stereocenters. The van der Waals surface area contributed by atoms with E-state index >= 15 is 0 Å². The molecule has 4 rings (SSSR count). The minimum absolute atomic E-state index is 0.180. The summed E-state index contributed by atoms with van der Waals surface area (Å²) >= 11 is 0. The molecule has 7 nitrogen and oxygen atoms in total. The third kappa shape index (κ3) is 2.92. The van der Waals surface area contributed by atoms with Gasteiger partial charge in [-0.25, -0.2) is 0 Å². The van der Waals surface area contributed by atoms with Gasteiger partial charge in [0.05, 0.1) is 38.2 Å². The van der Waals surface area contributed by atoms with Crippen LogP contribution >= 0.6 is 0 Å². The largest absolute Gasteiger partial charge is 0.376 e. The van der Waals surface area contributed by atoms with Crippen LogP contribution in [0.2, 0.25) is 0 Å². The van der Waals surface area contributed by atoms with Gasteiger partial charge in [0.2, 0.25) is 0 Å². The van der Waals surface area contributed by atoms with Gasteiger partial charge in [-0.2, -0.15) is 10.2 Å². The van der Waals surface area contributed by atoms with Crippen LogP contribution in [0.4, 0.5) is 0 Å². The Morgan fingerprint density at radius 3 is 3.27 bits per heavy atom. The van der Waals surface area contributed by atoms with E-state index in [1.54, 1.807) is 6.20 Å². The fourth-order valence-corrected chi connectivity index (χ4v) is 3.16. The maximum absolute atomic E-state index is 5.86. The molecule has 1 N–H and O–H groups in total. The summed E-state index contributed by atoms with van der Waals surface area (Å²) in [5.74, 6) is 0. The van der Waals surface area contributed by atoms with Crippen molar-refractivity contribution in [1.29, 1.82) is 0 Å². The van der Waals surface area contributed by atoms with Crippen LogP contribution in [0.15, 0.2) is 18.5 Å². The third-order valence-electron chi connectivity index (χ3n) is 4.33. The Balaban J connectivity index is 1.39. The fourth-order valence-electron chi connectivity index (χ4n) is 3.16. The molecule has 0 aliphatic carbocycles. The first kappa shape index (κ1) is 13.9. The van der Waals surface area contributed by atoms with E-state index in [1.165, 1.54) is 11.3 Å². The Kier molecular flexibility index (Phi) is 3.92. The first-order chi connectivity index (χ1) is 10.9. The Bertz CT molecular complexity index is 609. The zero-order valence-corrected chi connectivity index (χ0v) is 12.6. The molecule has 2 aliphatic rings. The Labute approximate surface area is 129 Å². The molecule has 1 saturated heterocycles. The lowest BCUT2D eigenvalue weighted by molar-refractivity contribution is -0.0407. The summed E-state index contributed by atoms with van der Waals surface area (Å²) < 4.78 is 13.3. The topological polar surface area (TPSA) is 68.2 Å². The Morgan fingerprint density at radius 1 is 1.36 bits per heavy atom. The molecule has 0 aromatic carbocycles. The van der Waals surface area contributed by atoms with Crippen molar-refractivity contribution in [2.24, 2.45) is 0 Å². The van der Waals surface area contributed by atoms with Crippen molar-refractivity contribution in [3.8, 4) is 0 Å². The zero-order chi connectivity index (χ0) is 14.8. The van der Waals surface area contributed by atoms with Crippen LogP contribution in [0.25, 0.3) is 0 Å². The average Bonchev–Trinajstić information content (AvgIpc) is 3.18. The number of H-pyrrole nitrogens is 1. The SMILES string of the molecule is c1cnn(CC2CN(Cc3n[nH]c4c3COCC4)CCO2)c1. The van der Waals surface area contributed by atoms with Gasteiger partial charge in [-0.3, -0.25) is 14.7 Å². The quantitative estimate of drug-likeness (QED) is 0.895. The number of hydrogen-bond acceptors (Lipinski definition) is 5. The summed E-state index contributed by atoms with van der Waals surface area (Å²) in [7, 11) is 0. The second-order valence-corrected chi connectivity index (χ2v) is 5.89. The number of aromatic amines is 1. The normalized spacial score (nSPS) is 22.6. The molecule has 0 radical (unpaired) electrons. The molecule has 2 aromatic heterocycles. The van der Waals surface area contributed by atoms with Crippen molar-refractivity contribution >= 4 is 0 Å². The lowest BCUT2D eigenvalue weighted by Crippen LogP contribution is -2.44. The van der Waals surface area contributed by atoms with Crippen LogP contribution in [0.5, 0.6) is 0 Å². The van der Waals surface area contributed by atoms with Crippen molar-refractivity contribution < 1.29 is 9.47 Å². The Hall–Kier alpha value is -1.70. The summed E-state index contributed by atoms with van der Waals surface area (Å²) in [6, 6.07) is 1.94. The summed E-state index contributed by atoms with van der Waals surface area (Å²) in [5, 5.41) is 11.9. The maximum atomic E-state index is 5.86. The standard InChI is InChI=1S/C15H21N5O2/c1-3-16-20(4-1)9-12-8-19(5-7-22-12)10-15-13-11-21-6-2-14(13)17-18-15/h1,3-4,12H,2,5-11H2,(H,17,18). The van der Waals surface area contributed by atoms with Gasteiger partial charge in [-0.15, -0.1) is 0 Å². The van der Waals surface area contributed by atoms with Crippen LogP contribution < -0.4 is 0 Å². The number of ether oxygens (including phenoxy) is 2. The van der Waals surface area contributed by atoms with Gasteiger partial charge < -0.3 is 9.47 Å². The highest BCUT2D eigenvalue weighted by molar-refractivity contribution is 5.26.